The predicted molar refractivity (Wildman–Crippen MR) is 90.4 cm³/mol. The minimum Gasteiger partial charge on any atom is -0.422 e. The van der Waals surface area contributed by atoms with E-state index in [0.29, 0.717) is 17.0 Å². The zero-order chi connectivity index (χ0) is 16.9. The molecule has 7 heteroatoms. The van der Waals surface area contributed by atoms with Crippen LogP contribution in [0.1, 0.15) is 26.5 Å². The Bertz CT molecular complexity index is 844. The molecule has 0 saturated carbocycles. The fraction of sp³-hybridized carbons (Fsp3) is 0.0588. The van der Waals surface area contributed by atoms with E-state index in [1.165, 1.54) is 23.7 Å². The summed E-state index contributed by atoms with van der Waals surface area (Å²) in [5.74, 6) is -0.413. The SMILES string of the molecule is Cc1cnc(C(=O)Oc2ccc(NC(=O)c3ccsc3)cc2)cn1. The number of hydrogen-bond donors (Lipinski definition) is 1. The smallest absolute Gasteiger partial charge is 0.363 e. The molecule has 0 spiro atoms. The highest BCUT2D eigenvalue weighted by molar-refractivity contribution is 7.08. The zero-order valence-corrected chi connectivity index (χ0v) is 13.5. The molecule has 0 aliphatic rings. The van der Waals surface area contributed by atoms with Gasteiger partial charge < -0.3 is 10.1 Å². The van der Waals surface area contributed by atoms with Crippen molar-refractivity contribution in [3.8, 4) is 5.75 Å². The van der Waals surface area contributed by atoms with Crippen molar-refractivity contribution in [1.82, 2.24) is 9.97 Å². The fourth-order valence-corrected chi connectivity index (χ4v) is 2.50. The molecule has 0 fully saturated rings. The van der Waals surface area contributed by atoms with Crippen molar-refractivity contribution in [3.05, 3.63) is 70.4 Å². The second kappa shape index (κ2) is 7.01. The number of anilines is 1. The number of nitrogens with one attached hydrogen (secondary N) is 1. The first-order chi connectivity index (χ1) is 11.6. The van der Waals surface area contributed by atoms with Gasteiger partial charge in [0.05, 0.1) is 17.5 Å². The van der Waals surface area contributed by atoms with Crippen LogP contribution in [0.5, 0.6) is 5.75 Å². The maximum atomic E-state index is 12.0. The Kier molecular flexibility index (Phi) is 4.62. The third-order valence-electron chi connectivity index (χ3n) is 3.10. The molecule has 2 aromatic heterocycles. The molecule has 2 heterocycles. The summed E-state index contributed by atoms with van der Waals surface area (Å²) in [6, 6.07) is 8.27. The van der Waals surface area contributed by atoms with Crippen LogP contribution in [-0.2, 0) is 0 Å². The quantitative estimate of drug-likeness (QED) is 0.582. The molecule has 24 heavy (non-hydrogen) atoms. The van der Waals surface area contributed by atoms with E-state index in [1.807, 2.05) is 5.38 Å². The van der Waals surface area contributed by atoms with Gasteiger partial charge in [-0.15, -0.1) is 0 Å². The van der Waals surface area contributed by atoms with Gasteiger partial charge in [0.1, 0.15) is 5.75 Å². The number of ether oxygens (including phenoxy) is 1. The summed E-state index contributed by atoms with van der Waals surface area (Å²) < 4.78 is 5.22. The number of aromatic nitrogens is 2. The number of nitrogens with zero attached hydrogens (tertiary/aromatic N) is 2. The van der Waals surface area contributed by atoms with Crippen molar-refractivity contribution in [1.29, 1.82) is 0 Å². The summed E-state index contributed by atoms with van der Waals surface area (Å²) in [7, 11) is 0. The molecule has 0 aliphatic carbocycles. The Morgan fingerprint density at radius 3 is 2.50 bits per heavy atom. The molecule has 0 aliphatic heterocycles. The average molecular weight is 339 g/mol. The summed E-state index contributed by atoms with van der Waals surface area (Å²) in [6.07, 6.45) is 2.87. The highest BCUT2D eigenvalue weighted by atomic mass is 32.1. The first-order valence-electron chi connectivity index (χ1n) is 7.06. The van der Waals surface area contributed by atoms with Gasteiger partial charge in [-0.05, 0) is 42.6 Å². The van der Waals surface area contributed by atoms with Crippen molar-refractivity contribution in [2.45, 2.75) is 6.92 Å². The Morgan fingerprint density at radius 1 is 1.08 bits per heavy atom. The number of amides is 1. The molecule has 0 unspecified atom stereocenters. The second-order valence-electron chi connectivity index (χ2n) is 4.92. The van der Waals surface area contributed by atoms with Crippen molar-refractivity contribution in [3.63, 3.8) is 0 Å². The van der Waals surface area contributed by atoms with Gasteiger partial charge in [0.15, 0.2) is 5.69 Å². The minimum absolute atomic E-state index is 0.135. The molecule has 0 radical (unpaired) electrons. The van der Waals surface area contributed by atoms with Crippen molar-refractivity contribution in [2.24, 2.45) is 0 Å². The first-order valence-corrected chi connectivity index (χ1v) is 8.00. The van der Waals surface area contributed by atoms with Crippen LogP contribution in [0.2, 0.25) is 0 Å². The van der Waals surface area contributed by atoms with Gasteiger partial charge in [-0.25, -0.2) is 9.78 Å². The number of rotatable bonds is 4. The van der Waals surface area contributed by atoms with Crippen LogP contribution in [0.25, 0.3) is 0 Å². The maximum absolute atomic E-state index is 12.0. The van der Waals surface area contributed by atoms with Gasteiger partial charge >= 0.3 is 5.97 Å². The van der Waals surface area contributed by atoms with Crippen LogP contribution >= 0.6 is 11.3 Å². The van der Waals surface area contributed by atoms with Crippen LogP contribution in [-0.4, -0.2) is 21.8 Å². The molecular formula is C17H13N3O3S. The third-order valence-corrected chi connectivity index (χ3v) is 3.78. The Hall–Kier alpha value is -3.06. The van der Waals surface area contributed by atoms with E-state index in [9.17, 15) is 9.59 Å². The van der Waals surface area contributed by atoms with Gasteiger partial charge in [-0.1, -0.05) is 0 Å². The summed E-state index contributed by atoms with van der Waals surface area (Å²) >= 11 is 1.46. The van der Waals surface area contributed by atoms with E-state index in [-0.39, 0.29) is 11.6 Å². The van der Waals surface area contributed by atoms with Crippen molar-refractivity contribution >= 4 is 28.9 Å². The lowest BCUT2D eigenvalue weighted by atomic mass is 10.2. The van der Waals surface area contributed by atoms with Gasteiger partial charge in [0, 0.05) is 17.3 Å². The summed E-state index contributed by atoms with van der Waals surface area (Å²) in [5.41, 5.74) is 2.07. The molecule has 6 nitrogen and oxygen atoms in total. The molecule has 0 saturated heterocycles. The number of carbonyl (C=O) groups excluding carboxylic acids is 2. The lowest BCUT2D eigenvalue weighted by Crippen LogP contribution is -2.12. The van der Waals surface area contributed by atoms with Crippen LogP contribution < -0.4 is 10.1 Å². The molecule has 1 aromatic carbocycles. The van der Waals surface area contributed by atoms with Crippen molar-refractivity contribution < 1.29 is 14.3 Å². The number of hydrogen-bond acceptors (Lipinski definition) is 6. The van der Waals surface area contributed by atoms with Gasteiger partial charge in [0.25, 0.3) is 5.91 Å². The van der Waals surface area contributed by atoms with Crippen LogP contribution in [0.3, 0.4) is 0 Å². The minimum atomic E-state index is -0.586. The predicted octanol–water partition coefficient (Wildman–Crippen LogP) is 3.32. The number of esters is 1. The molecule has 0 atom stereocenters. The van der Waals surface area contributed by atoms with Gasteiger partial charge in [-0.3, -0.25) is 9.78 Å². The van der Waals surface area contributed by atoms with Gasteiger partial charge in [0.2, 0.25) is 0 Å². The maximum Gasteiger partial charge on any atom is 0.363 e. The topological polar surface area (TPSA) is 81.2 Å². The fourth-order valence-electron chi connectivity index (χ4n) is 1.86. The van der Waals surface area contributed by atoms with E-state index < -0.39 is 5.97 Å². The summed E-state index contributed by atoms with van der Waals surface area (Å²) in [4.78, 5) is 31.9. The molecule has 0 bridgehead atoms. The lowest BCUT2D eigenvalue weighted by Gasteiger charge is -2.06. The van der Waals surface area contributed by atoms with E-state index in [0.717, 1.165) is 5.69 Å². The molecule has 120 valence electrons. The first kappa shape index (κ1) is 15.8. The van der Waals surface area contributed by atoms with E-state index in [2.05, 4.69) is 15.3 Å². The molecule has 3 rings (SSSR count). The van der Waals surface area contributed by atoms with Crippen LogP contribution in [0.4, 0.5) is 5.69 Å². The monoisotopic (exact) mass is 339 g/mol. The van der Waals surface area contributed by atoms with E-state index in [4.69, 9.17) is 4.74 Å². The molecule has 1 N–H and O–H groups in total. The average Bonchev–Trinajstić information content (AvgIpc) is 3.12. The Morgan fingerprint density at radius 2 is 1.88 bits per heavy atom. The number of thiophene rings is 1. The molecular weight excluding hydrogens is 326 g/mol. The number of benzene rings is 1. The number of aryl methyl sites for hydroxylation is 1. The largest absolute Gasteiger partial charge is 0.422 e. The van der Waals surface area contributed by atoms with Crippen LogP contribution in [0.15, 0.2) is 53.5 Å². The number of carbonyl (C=O) groups is 2. The Balaban J connectivity index is 1.63. The highest BCUT2D eigenvalue weighted by Gasteiger charge is 2.11. The summed E-state index contributed by atoms with van der Waals surface area (Å²) in [6.45, 7) is 1.78. The van der Waals surface area contributed by atoms with E-state index in [1.54, 1.807) is 42.6 Å². The normalized spacial score (nSPS) is 10.2. The highest BCUT2D eigenvalue weighted by Crippen LogP contribution is 2.18. The zero-order valence-electron chi connectivity index (χ0n) is 12.7. The van der Waals surface area contributed by atoms with E-state index >= 15 is 0 Å². The lowest BCUT2D eigenvalue weighted by molar-refractivity contribution is 0.0727. The molecule has 3 aromatic rings. The Labute approximate surface area is 142 Å². The third kappa shape index (κ3) is 3.82. The van der Waals surface area contributed by atoms with Crippen molar-refractivity contribution in [2.75, 3.05) is 5.32 Å². The molecule has 1 amide bonds. The summed E-state index contributed by atoms with van der Waals surface area (Å²) in [5, 5.41) is 6.38. The second-order valence-corrected chi connectivity index (χ2v) is 5.70. The van der Waals surface area contributed by atoms with Crippen LogP contribution in [0, 0.1) is 6.92 Å². The van der Waals surface area contributed by atoms with Gasteiger partial charge in [-0.2, -0.15) is 11.3 Å². The standard InChI is InChI=1S/C17H13N3O3S/c1-11-8-19-15(9-18-11)17(22)23-14-4-2-13(3-5-14)20-16(21)12-6-7-24-10-12/h2-10H,1H3,(H,20,21).